The first kappa shape index (κ1) is 20.5. The van der Waals surface area contributed by atoms with Crippen LogP contribution in [0.1, 0.15) is 76.9 Å². The van der Waals surface area contributed by atoms with E-state index in [1.165, 1.54) is 50.2 Å². The van der Waals surface area contributed by atoms with Crippen LogP contribution in [0, 0.1) is 5.92 Å². The van der Waals surface area contributed by atoms with Gasteiger partial charge in [-0.25, -0.2) is 4.79 Å². The average molecular weight is 404 g/mol. The highest BCUT2D eigenvalue weighted by Gasteiger charge is 2.35. The lowest BCUT2D eigenvalue weighted by Gasteiger charge is -2.35. The van der Waals surface area contributed by atoms with E-state index < -0.39 is 5.60 Å². The maximum Gasteiger partial charge on any atom is 0.407 e. The molecule has 162 valence electrons. The second-order valence-corrected chi connectivity index (χ2v) is 10.3. The van der Waals surface area contributed by atoms with Crippen LogP contribution in [-0.2, 0) is 4.74 Å². The molecule has 3 aliphatic rings. The smallest absolute Gasteiger partial charge is 0.407 e. The van der Waals surface area contributed by atoms with Crippen molar-refractivity contribution in [1.82, 2.24) is 20.0 Å². The SMILES string of the molecule is CN1CCC(Nc2cn(C3CC(CNC(=O)OC(C)(C)C)C3)nc2C2CC2)CC1. The zero-order valence-electron chi connectivity index (χ0n) is 18.4. The Hall–Kier alpha value is -1.76. The van der Waals surface area contributed by atoms with Crippen LogP contribution in [-0.4, -0.2) is 59.1 Å². The summed E-state index contributed by atoms with van der Waals surface area (Å²) in [6, 6.07) is 1.01. The van der Waals surface area contributed by atoms with Crippen molar-refractivity contribution in [3.63, 3.8) is 0 Å². The number of piperidine rings is 1. The Bertz CT molecular complexity index is 707. The molecular formula is C22H37N5O2. The van der Waals surface area contributed by atoms with Crippen LogP contribution in [0.3, 0.4) is 0 Å². The molecule has 1 aliphatic heterocycles. The Morgan fingerprint density at radius 3 is 2.52 bits per heavy atom. The van der Waals surface area contributed by atoms with Crippen molar-refractivity contribution in [2.75, 3.05) is 32.0 Å². The maximum atomic E-state index is 11.8. The Morgan fingerprint density at radius 1 is 1.21 bits per heavy atom. The number of likely N-dealkylation sites (tertiary alicyclic amines) is 1. The molecule has 7 nitrogen and oxygen atoms in total. The lowest BCUT2D eigenvalue weighted by molar-refractivity contribution is 0.0498. The third kappa shape index (κ3) is 5.44. The number of aromatic nitrogens is 2. The van der Waals surface area contributed by atoms with E-state index in [-0.39, 0.29) is 6.09 Å². The van der Waals surface area contributed by atoms with E-state index in [9.17, 15) is 4.79 Å². The van der Waals surface area contributed by atoms with E-state index in [0.29, 0.717) is 30.5 Å². The van der Waals surface area contributed by atoms with Gasteiger partial charge in [0.05, 0.1) is 17.4 Å². The first-order valence-electron chi connectivity index (χ1n) is 11.3. The molecular weight excluding hydrogens is 366 g/mol. The molecule has 0 atom stereocenters. The average Bonchev–Trinajstić information content (AvgIpc) is 3.36. The number of hydrogen-bond donors (Lipinski definition) is 2. The van der Waals surface area contributed by atoms with Crippen molar-refractivity contribution < 1.29 is 9.53 Å². The standard InChI is InChI=1S/C22H37N5O2/c1-22(2,3)29-21(28)23-13-15-11-18(12-15)27-14-19(20(25-27)16-5-6-16)24-17-7-9-26(4)10-8-17/h14-18,24H,5-13H2,1-4H3,(H,23,28). The van der Waals surface area contributed by atoms with Gasteiger partial charge in [-0.1, -0.05) is 0 Å². The van der Waals surface area contributed by atoms with Crippen LogP contribution >= 0.6 is 0 Å². The molecule has 0 bridgehead atoms. The van der Waals surface area contributed by atoms with Crippen molar-refractivity contribution in [3.8, 4) is 0 Å². The van der Waals surface area contributed by atoms with Crippen molar-refractivity contribution in [1.29, 1.82) is 0 Å². The third-order valence-corrected chi connectivity index (χ3v) is 6.32. The molecule has 1 saturated heterocycles. The first-order valence-corrected chi connectivity index (χ1v) is 11.3. The topological polar surface area (TPSA) is 71.4 Å². The summed E-state index contributed by atoms with van der Waals surface area (Å²) in [7, 11) is 2.20. The zero-order chi connectivity index (χ0) is 20.6. The number of rotatable bonds is 6. The lowest BCUT2D eigenvalue weighted by atomic mass is 9.80. The predicted octanol–water partition coefficient (Wildman–Crippen LogP) is 3.74. The predicted molar refractivity (Wildman–Crippen MR) is 114 cm³/mol. The second kappa shape index (κ2) is 8.17. The van der Waals surface area contributed by atoms with E-state index in [1.54, 1.807) is 0 Å². The van der Waals surface area contributed by atoms with Crippen LogP contribution < -0.4 is 10.6 Å². The van der Waals surface area contributed by atoms with Crippen LogP contribution in [0.25, 0.3) is 0 Å². The summed E-state index contributed by atoms with van der Waals surface area (Å²) >= 11 is 0. The molecule has 3 fully saturated rings. The highest BCUT2D eigenvalue weighted by Crippen LogP contribution is 2.45. The zero-order valence-corrected chi connectivity index (χ0v) is 18.4. The van der Waals surface area contributed by atoms with Gasteiger partial charge >= 0.3 is 6.09 Å². The van der Waals surface area contributed by atoms with E-state index in [0.717, 1.165) is 12.8 Å². The fraction of sp³-hybridized carbons (Fsp3) is 0.818. The quantitative estimate of drug-likeness (QED) is 0.757. The van der Waals surface area contributed by atoms with E-state index in [4.69, 9.17) is 9.84 Å². The number of ether oxygens (including phenoxy) is 1. The Balaban J connectivity index is 1.28. The van der Waals surface area contributed by atoms with Gasteiger partial charge in [-0.3, -0.25) is 4.68 Å². The molecule has 2 aliphatic carbocycles. The minimum Gasteiger partial charge on any atom is -0.444 e. The van der Waals surface area contributed by atoms with Gasteiger partial charge in [-0.15, -0.1) is 0 Å². The van der Waals surface area contributed by atoms with E-state index >= 15 is 0 Å². The number of anilines is 1. The lowest BCUT2D eigenvalue weighted by Crippen LogP contribution is -2.39. The molecule has 7 heteroatoms. The molecule has 0 unspecified atom stereocenters. The van der Waals surface area contributed by atoms with Gasteiger partial charge in [0.2, 0.25) is 0 Å². The molecule has 4 rings (SSSR count). The number of hydrogen-bond acceptors (Lipinski definition) is 5. The Kier molecular flexibility index (Phi) is 5.78. The summed E-state index contributed by atoms with van der Waals surface area (Å²) in [6.07, 6.45) is 9.00. The monoisotopic (exact) mass is 403 g/mol. The minimum absolute atomic E-state index is 0.319. The highest BCUT2D eigenvalue weighted by atomic mass is 16.6. The van der Waals surface area contributed by atoms with Gasteiger partial charge in [0.15, 0.2) is 0 Å². The molecule has 0 aromatic carbocycles. The van der Waals surface area contributed by atoms with Gasteiger partial charge < -0.3 is 20.3 Å². The van der Waals surface area contributed by atoms with Gasteiger partial charge in [-0.2, -0.15) is 5.10 Å². The fourth-order valence-electron chi connectivity index (χ4n) is 4.36. The maximum absolute atomic E-state index is 11.8. The number of carbonyl (C=O) groups is 1. The van der Waals surface area contributed by atoms with E-state index in [2.05, 4.69) is 33.5 Å². The summed E-state index contributed by atoms with van der Waals surface area (Å²) < 4.78 is 7.51. The second-order valence-electron chi connectivity index (χ2n) is 10.3. The van der Waals surface area contributed by atoms with Crippen LogP contribution in [0.15, 0.2) is 6.20 Å². The third-order valence-electron chi connectivity index (χ3n) is 6.32. The molecule has 2 N–H and O–H groups in total. The van der Waals surface area contributed by atoms with E-state index in [1.807, 2.05) is 20.8 Å². The fourth-order valence-corrected chi connectivity index (χ4v) is 4.36. The van der Waals surface area contributed by atoms with Gasteiger partial charge in [0, 0.05) is 24.7 Å². The molecule has 0 radical (unpaired) electrons. The molecule has 1 aromatic rings. The largest absolute Gasteiger partial charge is 0.444 e. The molecule has 0 spiro atoms. The minimum atomic E-state index is -0.447. The molecule has 2 saturated carbocycles. The van der Waals surface area contributed by atoms with Gasteiger partial charge in [0.25, 0.3) is 0 Å². The Labute approximate surface area is 174 Å². The Morgan fingerprint density at radius 2 is 1.90 bits per heavy atom. The molecule has 1 amide bonds. The van der Waals surface area contributed by atoms with Crippen LogP contribution in [0.2, 0.25) is 0 Å². The first-order chi connectivity index (χ1) is 13.8. The molecule has 2 heterocycles. The van der Waals surface area contributed by atoms with Crippen LogP contribution in [0.5, 0.6) is 0 Å². The van der Waals surface area contributed by atoms with Crippen molar-refractivity contribution in [2.45, 2.75) is 82.9 Å². The number of carbonyl (C=O) groups excluding carboxylic acids is 1. The number of nitrogens with zero attached hydrogens (tertiary/aromatic N) is 3. The molecule has 29 heavy (non-hydrogen) atoms. The summed E-state index contributed by atoms with van der Waals surface area (Å²) in [6.45, 7) is 8.68. The number of amides is 1. The van der Waals surface area contributed by atoms with Crippen molar-refractivity contribution in [3.05, 3.63) is 11.9 Å². The normalized spacial score (nSPS) is 26.1. The van der Waals surface area contributed by atoms with Gasteiger partial charge in [-0.05, 0) is 85.4 Å². The summed E-state index contributed by atoms with van der Waals surface area (Å²) in [4.78, 5) is 14.2. The van der Waals surface area contributed by atoms with Crippen LogP contribution in [0.4, 0.5) is 10.5 Å². The molecule has 1 aromatic heterocycles. The van der Waals surface area contributed by atoms with Crippen molar-refractivity contribution in [2.24, 2.45) is 5.92 Å². The summed E-state index contributed by atoms with van der Waals surface area (Å²) in [5, 5.41) is 11.7. The summed E-state index contributed by atoms with van der Waals surface area (Å²) in [5.74, 6) is 1.15. The van der Waals surface area contributed by atoms with Gasteiger partial charge in [0.1, 0.15) is 5.60 Å². The van der Waals surface area contributed by atoms with Crippen molar-refractivity contribution >= 4 is 11.8 Å². The number of nitrogens with one attached hydrogen (secondary N) is 2. The summed E-state index contributed by atoms with van der Waals surface area (Å²) in [5.41, 5.74) is 2.09. The number of alkyl carbamates (subject to hydrolysis) is 1. The highest BCUT2D eigenvalue weighted by molar-refractivity contribution is 5.67.